The zero-order chi connectivity index (χ0) is 15.0. The number of hydrogen-bond donors (Lipinski definition) is 1. The van der Waals surface area contributed by atoms with Gasteiger partial charge in [-0.05, 0) is 30.4 Å². The summed E-state index contributed by atoms with van der Waals surface area (Å²) in [6, 6.07) is 2.61. The number of aromatic carboxylic acids is 1. The predicted octanol–water partition coefficient (Wildman–Crippen LogP) is 1.99. The maximum Gasteiger partial charge on any atom is 0.335 e. The molecule has 0 aromatic carbocycles. The maximum atomic E-state index is 12.4. The van der Waals surface area contributed by atoms with Gasteiger partial charge >= 0.3 is 5.97 Å². The van der Waals surface area contributed by atoms with Gasteiger partial charge in [-0.2, -0.15) is 0 Å². The van der Waals surface area contributed by atoms with Crippen LogP contribution in [0.25, 0.3) is 0 Å². The second kappa shape index (κ2) is 4.95. The van der Waals surface area contributed by atoms with Gasteiger partial charge in [0.05, 0.1) is 5.56 Å². The summed E-state index contributed by atoms with van der Waals surface area (Å²) >= 11 is 0. The summed E-state index contributed by atoms with van der Waals surface area (Å²) in [5.41, 5.74) is -0.156. The molecule has 2 amide bonds. The monoisotopic (exact) mass is 288 g/mol. The molecule has 0 radical (unpaired) electrons. The van der Waals surface area contributed by atoms with Crippen LogP contribution in [0, 0.1) is 5.41 Å². The zero-order valence-corrected chi connectivity index (χ0v) is 11.5. The van der Waals surface area contributed by atoms with Crippen LogP contribution in [0.3, 0.4) is 0 Å². The van der Waals surface area contributed by atoms with E-state index in [0.717, 1.165) is 30.6 Å². The fraction of sp³-hybridized carbons (Fsp3) is 0.467. The molecule has 1 aliphatic heterocycles. The molecule has 0 atom stereocenters. The summed E-state index contributed by atoms with van der Waals surface area (Å²) in [5.74, 6) is -1.55. The van der Waals surface area contributed by atoms with Crippen LogP contribution in [0.15, 0.2) is 18.3 Å². The van der Waals surface area contributed by atoms with E-state index < -0.39 is 5.97 Å². The van der Waals surface area contributed by atoms with Gasteiger partial charge in [-0.3, -0.25) is 9.59 Å². The first-order valence-corrected chi connectivity index (χ1v) is 7.06. The highest BCUT2D eigenvalue weighted by Gasteiger charge is 2.45. The first-order valence-electron chi connectivity index (χ1n) is 7.06. The lowest BCUT2D eigenvalue weighted by molar-refractivity contribution is -0.133. The van der Waals surface area contributed by atoms with Gasteiger partial charge in [-0.15, -0.1) is 0 Å². The molecular formula is C15H16N2O4. The van der Waals surface area contributed by atoms with Crippen LogP contribution < -0.4 is 4.90 Å². The standard InChI is InChI=1S/C15H16N2O4/c18-12-8-15(4-1-2-5-15)9-13(19)17(12)11-7-10(14(20)21)3-6-16-11/h3,6-7H,1-2,4-5,8-9H2,(H,20,21). The first-order chi connectivity index (χ1) is 10.0. The molecule has 1 N–H and O–H groups in total. The van der Waals surface area contributed by atoms with Gasteiger partial charge in [0.25, 0.3) is 0 Å². The zero-order valence-electron chi connectivity index (χ0n) is 11.5. The van der Waals surface area contributed by atoms with Crippen LogP contribution in [0.2, 0.25) is 0 Å². The van der Waals surface area contributed by atoms with E-state index in [1.807, 2.05) is 0 Å². The van der Waals surface area contributed by atoms with Gasteiger partial charge < -0.3 is 5.11 Å². The second-order valence-corrected chi connectivity index (χ2v) is 5.89. The molecule has 1 aromatic rings. The fourth-order valence-electron chi connectivity index (χ4n) is 3.41. The quantitative estimate of drug-likeness (QED) is 0.841. The minimum atomic E-state index is -1.11. The summed E-state index contributed by atoms with van der Waals surface area (Å²) in [7, 11) is 0. The number of nitrogens with zero attached hydrogens (tertiary/aromatic N) is 2. The van der Waals surface area contributed by atoms with E-state index in [2.05, 4.69) is 4.98 Å². The van der Waals surface area contributed by atoms with Crippen molar-refractivity contribution >= 4 is 23.6 Å². The molecule has 1 saturated heterocycles. The first kappa shape index (κ1) is 13.7. The van der Waals surface area contributed by atoms with Crippen LogP contribution in [0.1, 0.15) is 48.9 Å². The average molecular weight is 288 g/mol. The molecule has 0 bridgehead atoms. The average Bonchev–Trinajstić information content (AvgIpc) is 2.86. The Morgan fingerprint density at radius 1 is 1.19 bits per heavy atom. The lowest BCUT2D eigenvalue weighted by atomic mass is 9.76. The topological polar surface area (TPSA) is 87.6 Å². The highest BCUT2D eigenvalue weighted by molar-refractivity contribution is 6.16. The molecule has 3 rings (SSSR count). The van der Waals surface area contributed by atoms with E-state index in [1.165, 1.54) is 18.3 Å². The Hall–Kier alpha value is -2.24. The number of amides is 2. The summed E-state index contributed by atoms with van der Waals surface area (Å²) in [5, 5.41) is 8.99. The SMILES string of the molecule is O=C(O)c1ccnc(N2C(=O)CC3(CCCC3)CC2=O)c1. The van der Waals surface area contributed by atoms with Crippen molar-refractivity contribution in [1.82, 2.24) is 4.98 Å². The molecule has 21 heavy (non-hydrogen) atoms. The highest BCUT2D eigenvalue weighted by Crippen LogP contribution is 2.47. The third-order valence-electron chi connectivity index (χ3n) is 4.44. The molecule has 1 saturated carbocycles. The number of pyridine rings is 1. The predicted molar refractivity (Wildman–Crippen MR) is 73.8 cm³/mol. The molecule has 0 unspecified atom stereocenters. The fourth-order valence-corrected chi connectivity index (χ4v) is 3.41. The smallest absolute Gasteiger partial charge is 0.335 e. The van der Waals surface area contributed by atoms with E-state index >= 15 is 0 Å². The number of carbonyl (C=O) groups is 3. The van der Waals surface area contributed by atoms with Crippen molar-refractivity contribution in [2.45, 2.75) is 38.5 Å². The lowest BCUT2D eigenvalue weighted by Gasteiger charge is -2.36. The van der Waals surface area contributed by atoms with Crippen LogP contribution in [0.5, 0.6) is 0 Å². The molecule has 2 fully saturated rings. The Bertz CT molecular complexity index is 600. The Balaban J connectivity index is 1.89. The van der Waals surface area contributed by atoms with Crippen molar-refractivity contribution < 1.29 is 19.5 Å². The molecule has 1 aliphatic carbocycles. The molecule has 6 nitrogen and oxygen atoms in total. The van der Waals surface area contributed by atoms with Crippen LogP contribution >= 0.6 is 0 Å². The van der Waals surface area contributed by atoms with Crippen molar-refractivity contribution in [3.8, 4) is 0 Å². The highest BCUT2D eigenvalue weighted by atomic mass is 16.4. The molecular weight excluding hydrogens is 272 g/mol. The van der Waals surface area contributed by atoms with Crippen molar-refractivity contribution in [2.75, 3.05) is 4.90 Å². The number of carboxylic acids is 1. The molecule has 1 aromatic heterocycles. The summed E-state index contributed by atoms with van der Waals surface area (Å²) in [4.78, 5) is 40.7. The largest absolute Gasteiger partial charge is 0.478 e. The Morgan fingerprint density at radius 3 is 2.38 bits per heavy atom. The van der Waals surface area contributed by atoms with E-state index in [4.69, 9.17) is 5.11 Å². The third-order valence-corrected chi connectivity index (χ3v) is 4.44. The van der Waals surface area contributed by atoms with Gasteiger partial charge in [0.1, 0.15) is 5.82 Å². The number of carboxylic acid groups (broad SMARTS) is 1. The van der Waals surface area contributed by atoms with Crippen LogP contribution in [0.4, 0.5) is 5.82 Å². The van der Waals surface area contributed by atoms with E-state index in [1.54, 1.807) is 0 Å². The van der Waals surface area contributed by atoms with Crippen LogP contribution in [-0.2, 0) is 9.59 Å². The number of rotatable bonds is 2. The van der Waals surface area contributed by atoms with Crippen molar-refractivity contribution in [3.63, 3.8) is 0 Å². The number of hydrogen-bond acceptors (Lipinski definition) is 4. The van der Waals surface area contributed by atoms with E-state index in [9.17, 15) is 14.4 Å². The van der Waals surface area contributed by atoms with Gasteiger partial charge in [0, 0.05) is 19.0 Å². The van der Waals surface area contributed by atoms with Gasteiger partial charge in [-0.25, -0.2) is 14.7 Å². The van der Waals surface area contributed by atoms with Crippen molar-refractivity contribution in [1.29, 1.82) is 0 Å². The Labute approximate surface area is 121 Å². The Kier molecular flexibility index (Phi) is 3.23. The molecule has 110 valence electrons. The lowest BCUT2D eigenvalue weighted by Crippen LogP contribution is -2.47. The summed E-state index contributed by atoms with van der Waals surface area (Å²) in [6.45, 7) is 0. The summed E-state index contributed by atoms with van der Waals surface area (Å²) in [6.07, 6.45) is 5.96. The van der Waals surface area contributed by atoms with Crippen LogP contribution in [-0.4, -0.2) is 27.9 Å². The molecule has 6 heteroatoms. The molecule has 2 aliphatic rings. The van der Waals surface area contributed by atoms with Gasteiger partial charge in [0.2, 0.25) is 11.8 Å². The minimum Gasteiger partial charge on any atom is -0.478 e. The normalized spacial score (nSPS) is 21.0. The number of imide groups is 1. The second-order valence-electron chi connectivity index (χ2n) is 5.89. The Morgan fingerprint density at radius 2 is 1.81 bits per heavy atom. The van der Waals surface area contributed by atoms with Gasteiger partial charge in [0.15, 0.2) is 0 Å². The van der Waals surface area contributed by atoms with Gasteiger partial charge in [-0.1, -0.05) is 12.8 Å². The minimum absolute atomic E-state index is 0.0155. The molecule has 2 heterocycles. The number of piperidine rings is 1. The summed E-state index contributed by atoms with van der Waals surface area (Å²) < 4.78 is 0. The maximum absolute atomic E-state index is 12.4. The van der Waals surface area contributed by atoms with Crippen molar-refractivity contribution in [3.05, 3.63) is 23.9 Å². The van der Waals surface area contributed by atoms with E-state index in [-0.39, 0.29) is 28.6 Å². The number of aromatic nitrogens is 1. The van der Waals surface area contributed by atoms with E-state index in [0.29, 0.717) is 12.8 Å². The number of anilines is 1. The van der Waals surface area contributed by atoms with Crippen molar-refractivity contribution in [2.24, 2.45) is 5.41 Å². The molecule has 1 spiro atoms. The number of carbonyl (C=O) groups excluding carboxylic acids is 2. The third kappa shape index (κ3) is 2.41.